The van der Waals surface area contributed by atoms with Gasteiger partial charge < -0.3 is 9.88 Å². The van der Waals surface area contributed by atoms with Crippen molar-refractivity contribution >= 4 is 11.6 Å². The number of alkyl halides is 3. The molecule has 144 valence electrons. The molecule has 3 aromatic rings. The van der Waals surface area contributed by atoms with Gasteiger partial charge in [-0.3, -0.25) is 9.59 Å². The van der Waals surface area contributed by atoms with Crippen LogP contribution in [0.1, 0.15) is 27.0 Å². The summed E-state index contributed by atoms with van der Waals surface area (Å²) in [7, 11) is 0. The maximum absolute atomic E-state index is 12.6. The number of hydrogen-bond donors (Lipinski definition) is 1. The molecule has 1 heterocycles. The van der Waals surface area contributed by atoms with Crippen LogP contribution in [0.4, 0.5) is 18.9 Å². The van der Waals surface area contributed by atoms with E-state index in [1.807, 2.05) is 31.2 Å². The average molecular weight is 386 g/mol. The quantitative estimate of drug-likeness (QED) is 0.719. The molecule has 0 bridgehead atoms. The monoisotopic (exact) mass is 386 g/mol. The smallest absolute Gasteiger partial charge is 0.322 e. The number of carbonyl (C=O) groups excluding carboxylic acids is 1. The third-order valence-electron chi connectivity index (χ3n) is 4.15. The van der Waals surface area contributed by atoms with E-state index in [-0.39, 0.29) is 16.8 Å². The van der Waals surface area contributed by atoms with E-state index in [2.05, 4.69) is 5.32 Å². The third kappa shape index (κ3) is 4.68. The highest BCUT2D eigenvalue weighted by atomic mass is 19.4. The predicted molar refractivity (Wildman–Crippen MR) is 100 cm³/mol. The minimum atomic E-state index is -4.44. The highest BCUT2D eigenvalue weighted by molar-refractivity contribution is 6.04. The number of carbonyl (C=O) groups is 1. The minimum absolute atomic E-state index is 0.229. The molecule has 0 spiro atoms. The van der Waals surface area contributed by atoms with E-state index in [0.717, 1.165) is 23.3 Å². The Kier molecular flexibility index (Phi) is 5.35. The van der Waals surface area contributed by atoms with Crippen molar-refractivity contribution in [1.29, 1.82) is 0 Å². The first-order valence-electron chi connectivity index (χ1n) is 8.47. The van der Waals surface area contributed by atoms with Crippen LogP contribution in [0.25, 0.3) is 0 Å². The normalized spacial score (nSPS) is 11.3. The third-order valence-corrected chi connectivity index (χ3v) is 4.15. The zero-order valence-electron chi connectivity index (χ0n) is 15.0. The molecule has 0 aliphatic heterocycles. The van der Waals surface area contributed by atoms with Gasteiger partial charge in [-0.1, -0.05) is 29.8 Å². The molecule has 3 rings (SSSR count). The molecular formula is C21H17F3N2O2. The second-order valence-corrected chi connectivity index (χ2v) is 6.40. The number of aryl methyl sites for hydroxylation is 1. The Morgan fingerprint density at radius 1 is 1.04 bits per heavy atom. The number of halogens is 3. The maximum atomic E-state index is 12.6. The molecule has 4 nitrogen and oxygen atoms in total. The summed E-state index contributed by atoms with van der Waals surface area (Å²) in [4.78, 5) is 24.5. The van der Waals surface area contributed by atoms with E-state index in [0.29, 0.717) is 6.54 Å². The number of hydrogen-bond acceptors (Lipinski definition) is 2. The van der Waals surface area contributed by atoms with Crippen LogP contribution in [0.5, 0.6) is 0 Å². The van der Waals surface area contributed by atoms with Crippen molar-refractivity contribution in [2.45, 2.75) is 19.6 Å². The van der Waals surface area contributed by atoms with Crippen molar-refractivity contribution in [1.82, 2.24) is 4.57 Å². The van der Waals surface area contributed by atoms with Crippen molar-refractivity contribution in [3.63, 3.8) is 0 Å². The van der Waals surface area contributed by atoms with E-state index in [1.165, 1.54) is 35.0 Å². The van der Waals surface area contributed by atoms with Gasteiger partial charge >= 0.3 is 6.18 Å². The van der Waals surface area contributed by atoms with Gasteiger partial charge in [0.1, 0.15) is 0 Å². The van der Waals surface area contributed by atoms with E-state index >= 15 is 0 Å². The SMILES string of the molecule is Cc1cccc(Cn2cc(C(=O)Nc3ccc(C(F)(F)F)cc3)ccc2=O)c1. The lowest BCUT2D eigenvalue weighted by molar-refractivity contribution is -0.137. The molecule has 0 saturated carbocycles. The maximum Gasteiger partial charge on any atom is 0.416 e. The van der Waals surface area contributed by atoms with Crippen molar-refractivity contribution in [3.05, 3.63) is 99.5 Å². The number of aromatic nitrogens is 1. The Morgan fingerprint density at radius 3 is 2.39 bits per heavy atom. The van der Waals surface area contributed by atoms with E-state index < -0.39 is 17.6 Å². The summed E-state index contributed by atoms with van der Waals surface area (Å²) < 4.78 is 39.3. The zero-order chi connectivity index (χ0) is 20.3. The molecule has 7 heteroatoms. The lowest BCUT2D eigenvalue weighted by Crippen LogP contribution is -2.22. The fourth-order valence-corrected chi connectivity index (χ4v) is 2.74. The zero-order valence-corrected chi connectivity index (χ0v) is 15.0. The molecule has 0 saturated heterocycles. The van der Waals surface area contributed by atoms with Crippen molar-refractivity contribution in [3.8, 4) is 0 Å². The van der Waals surface area contributed by atoms with Crippen LogP contribution < -0.4 is 10.9 Å². The molecule has 0 aliphatic carbocycles. The Labute approximate surface area is 159 Å². The number of anilines is 1. The Hall–Kier alpha value is -3.35. The highest BCUT2D eigenvalue weighted by Gasteiger charge is 2.30. The lowest BCUT2D eigenvalue weighted by atomic mass is 10.1. The summed E-state index contributed by atoms with van der Waals surface area (Å²) in [5.41, 5.74) is 1.38. The van der Waals surface area contributed by atoms with Gasteiger partial charge in [0.2, 0.25) is 0 Å². The van der Waals surface area contributed by atoms with E-state index in [1.54, 1.807) is 0 Å². The van der Waals surface area contributed by atoms with Gasteiger partial charge in [-0.2, -0.15) is 13.2 Å². The molecule has 0 aliphatic rings. The summed E-state index contributed by atoms with van der Waals surface area (Å²) >= 11 is 0. The Balaban J connectivity index is 1.78. The average Bonchev–Trinajstić information content (AvgIpc) is 2.63. The Bertz CT molecular complexity index is 1050. The fourth-order valence-electron chi connectivity index (χ4n) is 2.74. The fraction of sp³-hybridized carbons (Fsp3) is 0.143. The molecule has 2 aromatic carbocycles. The number of benzene rings is 2. The van der Waals surface area contributed by atoms with Gasteiger partial charge in [0.25, 0.3) is 11.5 Å². The van der Waals surface area contributed by atoms with Gasteiger partial charge in [0.05, 0.1) is 17.7 Å². The summed E-state index contributed by atoms with van der Waals surface area (Å²) in [5.74, 6) is -0.516. The summed E-state index contributed by atoms with van der Waals surface area (Å²) in [6, 6.07) is 14.5. The first kappa shape index (κ1) is 19.4. The molecule has 0 radical (unpaired) electrons. The van der Waals surface area contributed by atoms with Gasteiger partial charge in [-0.25, -0.2) is 0 Å². The van der Waals surface area contributed by atoms with Crippen LogP contribution in [0.15, 0.2) is 71.7 Å². The van der Waals surface area contributed by atoms with Gasteiger partial charge in [-0.05, 0) is 42.8 Å². The summed E-state index contributed by atoms with van der Waals surface area (Å²) in [5, 5.41) is 2.53. The molecule has 0 unspecified atom stereocenters. The van der Waals surface area contributed by atoms with E-state index in [4.69, 9.17) is 0 Å². The number of nitrogens with zero attached hydrogens (tertiary/aromatic N) is 1. The van der Waals surface area contributed by atoms with Crippen LogP contribution in [-0.2, 0) is 12.7 Å². The molecule has 0 atom stereocenters. The van der Waals surface area contributed by atoms with Crippen molar-refractivity contribution < 1.29 is 18.0 Å². The topological polar surface area (TPSA) is 51.1 Å². The standard InChI is InChI=1S/C21H17F3N2O2/c1-14-3-2-4-15(11-14)12-26-13-16(5-10-19(26)27)20(28)25-18-8-6-17(7-9-18)21(22,23)24/h2-11,13H,12H2,1H3,(H,25,28). The van der Waals surface area contributed by atoms with Crippen LogP contribution in [0.3, 0.4) is 0 Å². The van der Waals surface area contributed by atoms with Crippen molar-refractivity contribution in [2.75, 3.05) is 5.32 Å². The number of pyridine rings is 1. The summed E-state index contributed by atoms with van der Waals surface area (Å²) in [6.07, 6.45) is -3.00. The second-order valence-electron chi connectivity index (χ2n) is 6.40. The van der Waals surface area contributed by atoms with Crippen LogP contribution in [0.2, 0.25) is 0 Å². The van der Waals surface area contributed by atoms with Crippen LogP contribution in [0, 0.1) is 6.92 Å². The Morgan fingerprint density at radius 2 is 1.75 bits per heavy atom. The molecular weight excluding hydrogens is 369 g/mol. The largest absolute Gasteiger partial charge is 0.416 e. The summed E-state index contributed by atoms with van der Waals surface area (Å²) in [6.45, 7) is 2.25. The van der Waals surface area contributed by atoms with Crippen molar-refractivity contribution in [2.24, 2.45) is 0 Å². The minimum Gasteiger partial charge on any atom is -0.322 e. The molecule has 1 amide bonds. The number of amides is 1. The van der Waals surface area contributed by atoms with Crippen LogP contribution >= 0.6 is 0 Å². The molecule has 1 N–H and O–H groups in total. The molecule has 28 heavy (non-hydrogen) atoms. The second kappa shape index (κ2) is 7.72. The highest BCUT2D eigenvalue weighted by Crippen LogP contribution is 2.29. The number of nitrogens with one attached hydrogen (secondary N) is 1. The number of rotatable bonds is 4. The first-order chi connectivity index (χ1) is 13.2. The molecule has 1 aromatic heterocycles. The van der Waals surface area contributed by atoms with Crippen LogP contribution in [-0.4, -0.2) is 10.5 Å². The molecule has 0 fully saturated rings. The van der Waals surface area contributed by atoms with Gasteiger partial charge in [0, 0.05) is 18.0 Å². The first-order valence-corrected chi connectivity index (χ1v) is 8.47. The predicted octanol–water partition coefficient (Wildman–Crippen LogP) is 4.48. The van der Waals surface area contributed by atoms with E-state index in [9.17, 15) is 22.8 Å². The van der Waals surface area contributed by atoms with Gasteiger partial charge in [0.15, 0.2) is 0 Å². The van der Waals surface area contributed by atoms with Gasteiger partial charge in [-0.15, -0.1) is 0 Å². The lowest BCUT2D eigenvalue weighted by Gasteiger charge is -2.11.